The van der Waals surface area contributed by atoms with Gasteiger partial charge in [0, 0.05) is 22.2 Å². The van der Waals surface area contributed by atoms with Crippen molar-refractivity contribution in [3.63, 3.8) is 0 Å². The Balaban J connectivity index is 2.11. The smallest absolute Gasteiger partial charge is 0.0422 e. The number of unbranched alkanes of at least 4 members (excludes halogenated alkanes) is 1. The van der Waals surface area contributed by atoms with Gasteiger partial charge in [-0.25, -0.2) is 0 Å². The number of nitrogens with two attached hydrogens (primary N) is 1. The van der Waals surface area contributed by atoms with Crippen LogP contribution in [0.25, 0.3) is 0 Å². The molecular formula is C25H35NSi. The fraction of sp³-hybridized carbons (Fsp3) is 0.440. The minimum absolute atomic E-state index is 0.0570. The van der Waals surface area contributed by atoms with Crippen LogP contribution in [0, 0.1) is 5.92 Å². The van der Waals surface area contributed by atoms with E-state index in [2.05, 4.69) is 69.3 Å². The molecular weight excluding hydrogens is 342 g/mol. The second-order valence-electron chi connectivity index (χ2n) is 8.47. The Labute approximate surface area is 168 Å². The predicted octanol–water partition coefficient (Wildman–Crippen LogP) is 4.72. The molecule has 0 spiro atoms. The molecule has 0 aromatic heterocycles. The zero-order valence-corrected chi connectivity index (χ0v) is 19.5. The summed E-state index contributed by atoms with van der Waals surface area (Å²) >= 11 is 0. The van der Waals surface area contributed by atoms with Crippen molar-refractivity contribution in [2.45, 2.75) is 58.3 Å². The molecule has 3 rings (SSSR count). The molecule has 0 bridgehead atoms. The zero-order valence-electron chi connectivity index (χ0n) is 17.5. The SMILES string of the molecule is CCCCc1ccc(C2(C3=C(CN)CC([SiH3])=C3C(C)C)C=CC=CC2)cc1. The van der Waals surface area contributed by atoms with Gasteiger partial charge in [0.1, 0.15) is 0 Å². The summed E-state index contributed by atoms with van der Waals surface area (Å²) in [6, 6.07) is 9.44. The Morgan fingerprint density at radius 1 is 1.15 bits per heavy atom. The summed E-state index contributed by atoms with van der Waals surface area (Å²) in [5.41, 5.74) is 13.7. The molecule has 2 N–H and O–H groups in total. The standard InChI is InChI=1S/C25H35NSi/c1-4-5-9-19-10-12-21(13-11-19)25(14-7-6-8-15-25)24-20(17-26)16-22(27)23(24)18(2)3/h6-8,10-14,18H,4-5,9,15-17,26H2,1-3,27H3. The fourth-order valence-electron chi connectivity index (χ4n) is 4.93. The largest absolute Gasteiger partial charge is 0.327 e. The van der Waals surface area contributed by atoms with Crippen LogP contribution in [-0.4, -0.2) is 16.8 Å². The average molecular weight is 378 g/mol. The van der Waals surface area contributed by atoms with Crippen LogP contribution in [0.15, 0.2) is 70.5 Å². The van der Waals surface area contributed by atoms with E-state index in [0.29, 0.717) is 12.5 Å². The van der Waals surface area contributed by atoms with Gasteiger partial charge >= 0.3 is 0 Å². The molecule has 1 aromatic carbocycles. The van der Waals surface area contributed by atoms with Crippen molar-refractivity contribution in [2.75, 3.05) is 6.54 Å². The average Bonchev–Trinajstić information content (AvgIpc) is 3.04. The van der Waals surface area contributed by atoms with E-state index in [0.717, 1.165) is 23.1 Å². The molecule has 1 atom stereocenters. The summed E-state index contributed by atoms with van der Waals surface area (Å²) in [4.78, 5) is 0. The first-order chi connectivity index (χ1) is 13.0. The highest BCUT2D eigenvalue weighted by Crippen LogP contribution is 2.50. The number of hydrogen-bond donors (Lipinski definition) is 1. The number of hydrogen-bond acceptors (Lipinski definition) is 1. The molecule has 1 nitrogen and oxygen atoms in total. The van der Waals surface area contributed by atoms with Crippen LogP contribution in [0.5, 0.6) is 0 Å². The lowest BCUT2D eigenvalue weighted by atomic mass is 9.66. The highest BCUT2D eigenvalue weighted by Gasteiger charge is 2.40. The van der Waals surface area contributed by atoms with Crippen LogP contribution in [-0.2, 0) is 11.8 Å². The Morgan fingerprint density at radius 3 is 2.44 bits per heavy atom. The van der Waals surface area contributed by atoms with Crippen molar-refractivity contribution in [3.05, 3.63) is 81.6 Å². The Morgan fingerprint density at radius 2 is 1.89 bits per heavy atom. The number of benzene rings is 1. The summed E-state index contributed by atoms with van der Waals surface area (Å²) in [6.07, 6.45) is 15.0. The topological polar surface area (TPSA) is 26.0 Å². The van der Waals surface area contributed by atoms with E-state index in [-0.39, 0.29) is 5.41 Å². The molecule has 0 heterocycles. The van der Waals surface area contributed by atoms with E-state index in [9.17, 15) is 0 Å². The lowest BCUT2D eigenvalue weighted by Gasteiger charge is -2.37. The number of allylic oxidation sites excluding steroid dienone is 7. The lowest BCUT2D eigenvalue weighted by molar-refractivity contribution is 0.608. The molecule has 0 fully saturated rings. The highest BCUT2D eigenvalue weighted by atomic mass is 28.1. The lowest BCUT2D eigenvalue weighted by Crippen LogP contribution is -2.30. The summed E-state index contributed by atoms with van der Waals surface area (Å²) < 4.78 is 0. The summed E-state index contributed by atoms with van der Waals surface area (Å²) in [5, 5.41) is 1.64. The van der Waals surface area contributed by atoms with Gasteiger partial charge < -0.3 is 5.73 Å². The first kappa shape index (κ1) is 20.1. The zero-order chi connectivity index (χ0) is 19.4. The van der Waals surface area contributed by atoms with Gasteiger partial charge in [-0.1, -0.05) is 81.0 Å². The third-order valence-electron chi connectivity index (χ3n) is 6.19. The van der Waals surface area contributed by atoms with Crippen molar-refractivity contribution >= 4 is 10.2 Å². The van der Waals surface area contributed by atoms with E-state index in [1.807, 2.05) is 0 Å². The normalized spacial score (nSPS) is 22.6. The predicted molar refractivity (Wildman–Crippen MR) is 122 cm³/mol. The monoisotopic (exact) mass is 377 g/mol. The highest BCUT2D eigenvalue weighted by molar-refractivity contribution is 6.23. The molecule has 1 unspecified atom stereocenters. The number of aryl methyl sites for hydroxylation is 1. The molecule has 2 aliphatic rings. The van der Waals surface area contributed by atoms with Crippen LogP contribution in [0.4, 0.5) is 0 Å². The Hall–Kier alpha value is -1.64. The third kappa shape index (κ3) is 3.83. The van der Waals surface area contributed by atoms with E-state index in [4.69, 9.17) is 5.73 Å². The molecule has 0 radical (unpaired) electrons. The Kier molecular flexibility index (Phi) is 6.39. The van der Waals surface area contributed by atoms with Crippen molar-refractivity contribution in [1.29, 1.82) is 0 Å². The fourth-order valence-corrected chi connectivity index (χ4v) is 6.19. The quantitative estimate of drug-likeness (QED) is 0.684. The number of rotatable bonds is 7. The van der Waals surface area contributed by atoms with Crippen molar-refractivity contribution in [3.8, 4) is 0 Å². The minimum atomic E-state index is -0.0570. The summed E-state index contributed by atoms with van der Waals surface area (Å²) in [6.45, 7) is 7.62. The van der Waals surface area contributed by atoms with Gasteiger partial charge in [0.05, 0.1) is 0 Å². The van der Waals surface area contributed by atoms with Gasteiger partial charge in [-0.3, -0.25) is 0 Å². The van der Waals surface area contributed by atoms with Crippen molar-refractivity contribution in [2.24, 2.45) is 11.7 Å². The second-order valence-corrected chi connectivity index (χ2v) is 9.68. The van der Waals surface area contributed by atoms with Crippen LogP contribution in [0.3, 0.4) is 0 Å². The second kappa shape index (κ2) is 8.58. The van der Waals surface area contributed by atoms with Gasteiger partial charge in [0.25, 0.3) is 0 Å². The molecule has 0 saturated carbocycles. The maximum atomic E-state index is 6.26. The molecule has 144 valence electrons. The minimum Gasteiger partial charge on any atom is -0.327 e. The first-order valence-corrected chi connectivity index (χ1v) is 11.6. The van der Waals surface area contributed by atoms with Gasteiger partial charge in [0.15, 0.2) is 0 Å². The van der Waals surface area contributed by atoms with E-state index in [1.165, 1.54) is 41.5 Å². The molecule has 1 aromatic rings. The van der Waals surface area contributed by atoms with Gasteiger partial charge in [-0.2, -0.15) is 0 Å². The van der Waals surface area contributed by atoms with E-state index in [1.54, 1.807) is 10.8 Å². The van der Waals surface area contributed by atoms with Crippen LogP contribution >= 0.6 is 0 Å². The summed E-state index contributed by atoms with van der Waals surface area (Å²) in [7, 11) is 1.13. The van der Waals surface area contributed by atoms with Crippen molar-refractivity contribution in [1.82, 2.24) is 0 Å². The van der Waals surface area contributed by atoms with Crippen molar-refractivity contribution < 1.29 is 0 Å². The van der Waals surface area contributed by atoms with Gasteiger partial charge in [0.2, 0.25) is 0 Å². The molecule has 0 saturated heterocycles. The maximum Gasteiger partial charge on any atom is 0.0422 e. The summed E-state index contributed by atoms with van der Waals surface area (Å²) in [5.74, 6) is 0.552. The van der Waals surface area contributed by atoms with E-state index < -0.39 is 0 Å². The molecule has 2 heteroatoms. The maximum absolute atomic E-state index is 6.26. The molecule has 0 aliphatic heterocycles. The van der Waals surface area contributed by atoms with Crippen LogP contribution in [0.1, 0.15) is 57.6 Å². The van der Waals surface area contributed by atoms with E-state index >= 15 is 0 Å². The molecule has 2 aliphatic carbocycles. The van der Waals surface area contributed by atoms with Gasteiger partial charge in [-0.05, 0) is 59.4 Å². The van der Waals surface area contributed by atoms with Crippen LogP contribution < -0.4 is 5.73 Å². The van der Waals surface area contributed by atoms with Gasteiger partial charge in [-0.15, -0.1) is 0 Å². The third-order valence-corrected chi connectivity index (χ3v) is 7.08. The Bertz CT molecular complexity index is 792. The first-order valence-electron chi connectivity index (χ1n) is 10.6. The molecule has 0 amide bonds. The van der Waals surface area contributed by atoms with Crippen LogP contribution in [0.2, 0.25) is 0 Å². The molecule has 27 heavy (non-hydrogen) atoms.